The van der Waals surface area contributed by atoms with Crippen LogP contribution in [0.3, 0.4) is 0 Å². The zero-order valence-corrected chi connectivity index (χ0v) is 12.6. The summed E-state index contributed by atoms with van der Waals surface area (Å²) in [7, 11) is 0. The average Bonchev–Trinajstić information content (AvgIpc) is 2.45. The van der Waals surface area contributed by atoms with Crippen molar-refractivity contribution in [3.05, 3.63) is 47.5 Å². The highest BCUT2D eigenvalue weighted by molar-refractivity contribution is 5.76. The summed E-state index contributed by atoms with van der Waals surface area (Å²) in [5, 5.41) is 2.86. The lowest BCUT2D eigenvalue weighted by Gasteiger charge is -2.07. The molecule has 0 aliphatic heterocycles. The monoisotopic (exact) mass is 275 g/mol. The number of nitrogens with one attached hydrogen (secondary N) is 1. The van der Waals surface area contributed by atoms with E-state index in [0.29, 0.717) is 26.2 Å². The first-order chi connectivity index (χ1) is 9.61. The Morgan fingerprint density at radius 2 is 1.90 bits per heavy atom. The van der Waals surface area contributed by atoms with Crippen LogP contribution >= 0.6 is 0 Å². The molecule has 1 aromatic rings. The summed E-state index contributed by atoms with van der Waals surface area (Å²) in [6.45, 7) is 9.45. The van der Waals surface area contributed by atoms with Crippen LogP contribution in [0.2, 0.25) is 0 Å². The van der Waals surface area contributed by atoms with Crippen LogP contribution in [0, 0.1) is 0 Å². The smallest absolute Gasteiger partial charge is 0.220 e. The van der Waals surface area contributed by atoms with Crippen LogP contribution in [-0.2, 0) is 22.4 Å². The molecule has 20 heavy (non-hydrogen) atoms. The quantitative estimate of drug-likeness (QED) is 0.556. The van der Waals surface area contributed by atoms with Crippen molar-refractivity contribution in [3.63, 3.8) is 0 Å². The number of aryl methyl sites for hydroxylation is 2. The lowest BCUT2D eigenvalue weighted by Crippen LogP contribution is -2.27. The third kappa shape index (κ3) is 7.10. The van der Waals surface area contributed by atoms with Crippen molar-refractivity contribution >= 4 is 5.91 Å². The van der Waals surface area contributed by atoms with Crippen molar-refractivity contribution in [1.82, 2.24) is 5.32 Å². The fraction of sp³-hybridized carbons (Fsp3) is 0.471. The predicted molar refractivity (Wildman–Crippen MR) is 82.8 cm³/mol. The lowest BCUT2D eigenvalue weighted by molar-refractivity contribution is -0.121. The molecule has 1 aromatic carbocycles. The molecular weight excluding hydrogens is 250 g/mol. The average molecular weight is 275 g/mol. The first-order valence-electron chi connectivity index (χ1n) is 7.18. The van der Waals surface area contributed by atoms with Crippen molar-refractivity contribution < 1.29 is 9.53 Å². The van der Waals surface area contributed by atoms with E-state index in [1.165, 1.54) is 11.1 Å². The molecule has 1 N–H and O–H groups in total. The van der Waals surface area contributed by atoms with E-state index in [4.69, 9.17) is 4.74 Å². The van der Waals surface area contributed by atoms with Crippen LogP contribution < -0.4 is 5.32 Å². The molecule has 0 bridgehead atoms. The van der Waals surface area contributed by atoms with Gasteiger partial charge in [0.2, 0.25) is 5.91 Å². The Bertz CT molecular complexity index is 423. The summed E-state index contributed by atoms with van der Waals surface area (Å²) >= 11 is 0. The van der Waals surface area contributed by atoms with Gasteiger partial charge in [-0.25, -0.2) is 0 Å². The Labute approximate surface area is 122 Å². The molecule has 0 atom stereocenters. The second-order valence-corrected chi connectivity index (χ2v) is 5.03. The fourth-order valence-corrected chi connectivity index (χ4v) is 1.80. The highest BCUT2D eigenvalue weighted by Gasteiger charge is 2.02. The first-order valence-corrected chi connectivity index (χ1v) is 7.18. The minimum absolute atomic E-state index is 0.0727. The molecular formula is C17H25NO2. The standard InChI is InChI=1S/C17H25NO2/c1-4-15-5-7-16(8-6-15)9-10-17(19)18-11-12-20-13-14(2)3/h5-8H,2,4,9-13H2,1,3H3,(H,18,19). The number of rotatable bonds is 9. The number of benzene rings is 1. The van der Waals surface area contributed by atoms with E-state index in [-0.39, 0.29) is 5.91 Å². The normalized spacial score (nSPS) is 10.3. The van der Waals surface area contributed by atoms with E-state index in [0.717, 1.165) is 18.4 Å². The van der Waals surface area contributed by atoms with Gasteiger partial charge in [0.05, 0.1) is 13.2 Å². The van der Waals surface area contributed by atoms with Crippen LogP contribution in [-0.4, -0.2) is 25.7 Å². The largest absolute Gasteiger partial charge is 0.375 e. The van der Waals surface area contributed by atoms with Gasteiger partial charge in [0.15, 0.2) is 0 Å². The Balaban J connectivity index is 2.14. The fourth-order valence-electron chi connectivity index (χ4n) is 1.80. The number of hydrogen-bond acceptors (Lipinski definition) is 2. The van der Waals surface area contributed by atoms with Gasteiger partial charge in [0.25, 0.3) is 0 Å². The Hall–Kier alpha value is -1.61. The molecule has 0 aliphatic carbocycles. The van der Waals surface area contributed by atoms with Crippen molar-refractivity contribution in [2.45, 2.75) is 33.1 Å². The molecule has 0 saturated heterocycles. The zero-order chi connectivity index (χ0) is 14.8. The summed E-state index contributed by atoms with van der Waals surface area (Å²) in [6.07, 6.45) is 2.35. The summed E-state index contributed by atoms with van der Waals surface area (Å²) in [6, 6.07) is 8.45. The van der Waals surface area contributed by atoms with Gasteiger partial charge in [-0.1, -0.05) is 43.3 Å². The van der Waals surface area contributed by atoms with Gasteiger partial charge < -0.3 is 10.1 Å². The molecule has 0 spiro atoms. The molecule has 0 aliphatic rings. The minimum atomic E-state index is 0.0727. The van der Waals surface area contributed by atoms with E-state index >= 15 is 0 Å². The number of ether oxygens (including phenoxy) is 1. The predicted octanol–water partition coefficient (Wildman–Crippen LogP) is 2.89. The van der Waals surface area contributed by atoms with Crippen LogP contribution in [0.15, 0.2) is 36.4 Å². The number of amides is 1. The van der Waals surface area contributed by atoms with E-state index in [1.807, 2.05) is 6.92 Å². The third-order valence-electron chi connectivity index (χ3n) is 2.99. The molecule has 1 rings (SSSR count). The molecule has 0 heterocycles. The van der Waals surface area contributed by atoms with Crippen LogP contribution in [0.25, 0.3) is 0 Å². The molecule has 3 heteroatoms. The second kappa shape index (κ2) is 9.32. The molecule has 0 saturated carbocycles. The van der Waals surface area contributed by atoms with Crippen molar-refractivity contribution in [3.8, 4) is 0 Å². The topological polar surface area (TPSA) is 38.3 Å². The number of hydrogen-bond donors (Lipinski definition) is 1. The number of carbonyl (C=O) groups is 1. The number of carbonyl (C=O) groups excluding carboxylic acids is 1. The van der Waals surface area contributed by atoms with Crippen LogP contribution in [0.4, 0.5) is 0 Å². The highest BCUT2D eigenvalue weighted by atomic mass is 16.5. The Kier molecular flexibility index (Phi) is 7.66. The van der Waals surface area contributed by atoms with E-state index in [9.17, 15) is 4.79 Å². The van der Waals surface area contributed by atoms with E-state index in [2.05, 4.69) is 43.1 Å². The maximum atomic E-state index is 11.7. The van der Waals surface area contributed by atoms with Gasteiger partial charge in [0.1, 0.15) is 0 Å². The van der Waals surface area contributed by atoms with E-state index < -0.39 is 0 Å². The molecule has 1 amide bonds. The lowest BCUT2D eigenvalue weighted by atomic mass is 10.1. The Morgan fingerprint density at radius 3 is 2.50 bits per heavy atom. The molecule has 0 fully saturated rings. The van der Waals surface area contributed by atoms with Crippen molar-refractivity contribution in [1.29, 1.82) is 0 Å². The SMILES string of the molecule is C=C(C)COCCNC(=O)CCc1ccc(CC)cc1. The first kappa shape index (κ1) is 16.4. The molecule has 3 nitrogen and oxygen atoms in total. The van der Waals surface area contributed by atoms with Gasteiger partial charge in [-0.2, -0.15) is 0 Å². The molecule has 0 aromatic heterocycles. The van der Waals surface area contributed by atoms with Gasteiger partial charge in [-0.3, -0.25) is 4.79 Å². The van der Waals surface area contributed by atoms with Gasteiger partial charge in [0, 0.05) is 13.0 Å². The summed E-state index contributed by atoms with van der Waals surface area (Å²) in [4.78, 5) is 11.7. The molecule has 0 unspecified atom stereocenters. The maximum absolute atomic E-state index is 11.7. The Morgan fingerprint density at radius 1 is 1.25 bits per heavy atom. The summed E-state index contributed by atoms with van der Waals surface area (Å²) in [5.74, 6) is 0.0727. The van der Waals surface area contributed by atoms with Crippen LogP contribution in [0.5, 0.6) is 0 Å². The van der Waals surface area contributed by atoms with Crippen LogP contribution in [0.1, 0.15) is 31.4 Å². The van der Waals surface area contributed by atoms with Gasteiger partial charge in [-0.05, 0) is 30.9 Å². The van der Waals surface area contributed by atoms with Crippen molar-refractivity contribution in [2.24, 2.45) is 0 Å². The second-order valence-electron chi connectivity index (χ2n) is 5.03. The van der Waals surface area contributed by atoms with Gasteiger partial charge in [-0.15, -0.1) is 0 Å². The highest BCUT2D eigenvalue weighted by Crippen LogP contribution is 2.07. The summed E-state index contributed by atoms with van der Waals surface area (Å²) < 4.78 is 5.32. The zero-order valence-electron chi connectivity index (χ0n) is 12.6. The van der Waals surface area contributed by atoms with Gasteiger partial charge >= 0.3 is 0 Å². The van der Waals surface area contributed by atoms with Crippen molar-refractivity contribution in [2.75, 3.05) is 19.8 Å². The third-order valence-corrected chi connectivity index (χ3v) is 2.99. The minimum Gasteiger partial charge on any atom is -0.375 e. The molecule has 0 radical (unpaired) electrons. The van der Waals surface area contributed by atoms with E-state index in [1.54, 1.807) is 0 Å². The molecule has 110 valence electrons. The maximum Gasteiger partial charge on any atom is 0.220 e. The summed E-state index contributed by atoms with van der Waals surface area (Å²) in [5.41, 5.74) is 3.52.